The molecule has 0 aliphatic heterocycles. The Morgan fingerprint density at radius 3 is 1.91 bits per heavy atom. The van der Waals surface area contributed by atoms with Crippen LogP contribution in [0, 0.1) is 0 Å². The van der Waals surface area contributed by atoms with Gasteiger partial charge in [0.05, 0.1) is 5.25 Å². The van der Waals surface area contributed by atoms with Gasteiger partial charge in [-0.3, -0.25) is 19.3 Å². The fourth-order valence-electron chi connectivity index (χ4n) is 4.70. The molecule has 5 aromatic carbocycles. The second-order valence-electron chi connectivity index (χ2n) is 10.3. The minimum atomic E-state index is -0.465. The van der Waals surface area contributed by atoms with Crippen LogP contribution in [0.2, 0.25) is 0 Å². The van der Waals surface area contributed by atoms with Gasteiger partial charge in [0, 0.05) is 32.0 Å². The maximum Gasteiger partial charge on any atom is 0.272 e. The zero-order chi connectivity index (χ0) is 32.3. The first-order chi connectivity index (χ1) is 22.4. The number of nitrogens with one attached hydrogen (secondary N) is 2. The molecule has 6 nitrogen and oxygen atoms in total. The molecule has 0 heterocycles. The fourth-order valence-corrected chi connectivity index (χ4v) is 6.11. The predicted molar refractivity (Wildman–Crippen MR) is 191 cm³/mol. The van der Waals surface area contributed by atoms with Gasteiger partial charge in [-0.2, -0.15) is 0 Å². The van der Waals surface area contributed by atoms with Gasteiger partial charge in [-0.25, -0.2) is 0 Å². The third kappa shape index (κ3) is 8.62. The molecule has 46 heavy (non-hydrogen) atoms. The molecule has 0 aromatic heterocycles. The first-order valence-electron chi connectivity index (χ1n) is 14.8. The molecule has 0 aliphatic rings. The second kappa shape index (κ2) is 15.9. The van der Waals surface area contributed by atoms with Crippen molar-refractivity contribution in [2.45, 2.75) is 23.5 Å². The number of halogens is 1. The Morgan fingerprint density at radius 1 is 0.761 bits per heavy atom. The molecule has 1 unspecified atom stereocenters. The largest absolute Gasteiger partial charge is 0.321 e. The SMILES string of the molecule is CCC(Sc1ccc(NC(=O)/C(=C/c2cccc(Br)c2)NC(=O)c2ccccc2)cc1)C(=O)N(c1ccccc1)c1ccccc1. The number of hydrogen-bond donors (Lipinski definition) is 2. The van der Waals surface area contributed by atoms with Crippen molar-refractivity contribution < 1.29 is 14.4 Å². The van der Waals surface area contributed by atoms with E-state index in [1.54, 1.807) is 47.4 Å². The van der Waals surface area contributed by atoms with Crippen molar-refractivity contribution in [3.8, 4) is 0 Å². The number of hydrogen-bond acceptors (Lipinski definition) is 4. The van der Waals surface area contributed by atoms with Crippen LogP contribution in [0.15, 0.2) is 155 Å². The van der Waals surface area contributed by atoms with E-state index in [4.69, 9.17) is 0 Å². The van der Waals surface area contributed by atoms with Crippen LogP contribution in [-0.2, 0) is 9.59 Å². The van der Waals surface area contributed by atoms with Gasteiger partial charge in [0.15, 0.2) is 0 Å². The molecule has 0 aliphatic carbocycles. The van der Waals surface area contributed by atoms with E-state index in [9.17, 15) is 14.4 Å². The monoisotopic (exact) mass is 689 g/mol. The highest BCUT2D eigenvalue weighted by Gasteiger charge is 2.26. The molecule has 0 bridgehead atoms. The summed E-state index contributed by atoms with van der Waals surface area (Å²) in [6.45, 7) is 2.00. The Morgan fingerprint density at radius 2 is 1.35 bits per heavy atom. The summed E-state index contributed by atoms with van der Waals surface area (Å²) in [5.41, 5.74) is 3.45. The number of carbonyl (C=O) groups is 3. The quantitative estimate of drug-likeness (QED) is 0.107. The molecule has 1 atom stereocenters. The summed E-state index contributed by atoms with van der Waals surface area (Å²) in [6.07, 6.45) is 2.26. The number of thioether (sulfide) groups is 1. The first-order valence-corrected chi connectivity index (χ1v) is 16.4. The van der Waals surface area contributed by atoms with Crippen molar-refractivity contribution in [1.29, 1.82) is 0 Å². The molecule has 0 saturated heterocycles. The Bertz CT molecular complexity index is 1780. The molecular weight excluding hydrogens is 658 g/mol. The zero-order valence-electron chi connectivity index (χ0n) is 25.1. The average Bonchev–Trinajstić information content (AvgIpc) is 3.09. The molecule has 3 amide bonds. The summed E-state index contributed by atoms with van der Waals surface area (Å²) >= 11 is 4.94. The standard InChI is InChI=1S/C38H32BrN3O3S/c1-2-35(38(45)42(31-17-8-4-9-18-31)32-19-10-5-11-20-32)46-33-23-21-30(22-24-33)40-37(44)34(26-27-13-12-16-29(39)25-27)41-36(43)28-14-6-3-7-15-28/h3-26,35H,2H2,1H3,(H,40,44)(H,41,43)/b34-26-. The number of carbonyl (C=O) groups excluding carboxylic acids is 3. The lowest BCUT2D eigenvalue weighted by Gasteiger charge is -2.27. The average molecular weight is 691 g/mol. The van der Waals surface area contributed by atoms with Crippen molar-refractivity contribution >= 4 is 68.6 Å². The van der Waals surface area contributed by atoms with Gasteiger partial charge in [-0.1, -0.05) is 89.6 Å². The van der Waals surface area contributed by atoms with Gasteiger partial charge in [-0.15, -0.1) is 11.8 Å². The molecule has 5 aromatic rings. The van der Waals surface area contributed by atoms with E-state index in [-0.39, 0.29) is 22.8 Å². The highest BCUT2D eigenvalue weighted by molar-refractivity contribution is 9.10. The lowest BCUT2D eigenvalue weighted by atomic mass is 10.1. The topological polar surface area (TPSA) is 78.5 Å². The van der Waals surface area contributed by atoms with Crippen molar-refractivity contribution in [2.24, 2.45) is 0 Å². The Hall–Kier alpha value is -4.92. The van der Waals surface area contributed by atoms with Crippen LogP contribution in [0.5, 0.6) is 0 Å². The Labute approximate surface area is 281 Å². The number of amides is 3. The van der Waals surface area contributed by atoms with Crippen LogP contribution in [0.1, 0.15) is 29.3 Å². The van der Waals surface area contributed by atoms with Gasteiger partial charge in [-0.05, 0) is 90.9 Å². The maximum absolute atomic E-state index is 13.9. The van der Waals surface area contributed by atoms with Gasteiger partial charge in [0.1, 0.15) is 5.70 Å². The van der Waals surface area contributed by atoms with Crippen molar-refractivity contribution in [3.05, 3.63) is 161 Å². The van der Waals surface area contributed by atoms with E-state index in [2.05, 4.69) is 26.6 Å². The molecule has 2 N–H and O–H groups in total. The normalized spacial score (nSPS) is 11.7. The minimum absolute atomic E-state index is 0.0150. The van der Waals surface area contributed by atoms with Gasteiger partial charge in [0.25, 0.3) is 11.8 Å². The van der Waals surface area contributed by atoms with Crippen LogP contribution in [0.25, 0.3) is 6.08 Å². The predicted octanol–water partition coefficient (Wildman–Crippen LogP) is 9.09. The number of anilines is 3. The van der Waals surface area contributed by atoms with E-state index in [1.807, 2.05) is 110 Å². The van der Waals surface area contributed by atoms with E-state index < -0.39 is 5.91 Å². The molecule has 0 fully saturated rings. The summed E-state index contributed by atoms with van der Waals surface area (Å²) in [6, 6.07) is 42.8. The van der Waals surface area contributed by atoms with Crippen molar-refractivity contribution in [3.63, 3.8) is 0 Å². The van der Waals surface area contributed by atoms with Crippen molar-refractivity contribution in [2.75, 3.05) is 10.2 Å². The minimum Gasteiger partial charge on any atom is -0.321 e. The lowest BCUT2D eigenvalue weighted by Crippen LogP contribution is -2.34. The fraction of sp³-hybridized carbons (Fsp3) is 0.0789. The number of rotatable bonds is 11. The maximum atomic E-state index is 13.9. The number of benzene rings is 5. The van der Waals surface area contributed by atoms with Crippen LogP contribution in [-0.4, -0.2) is 23.0 Å². The molecule has 0 saturated carbocycles. The highest BCUT2D eigenvalue weighted by atomic mass is 79.9. The van der Waals surface area contributed by atoms with E-state index in [0.717, 1.165) is 26.3 Å². The van der Waals surface area contributed by atoms with E-state index >= 15 is 0 Å². The molecule has 8 heteroatoms. The van der Waals surface area contributed by atoms with Gasteiger partial charge >= 0.3 is 0 Å². The summed E-state index contributed by atoms with van der Waals surface area (Å²) < 4.78 is 0.850. The van der Waals surface area contributed by atoms with E-state index in [0.29, 0.717) is 17.7 Å². The zero-order valence-corrected chi connectivity index (χ0v) is 27.5. The number of nitrogens with zero attached hydrogens (tertiary/aromatic N) is 1. The van der Waals surface area contributed by atoms with E-state index in [1.165, 1.54) is 11.8 Å². The van der Waals surface area contributed by atoms with Crippen LogP contribution >= 0.6 is 27.7 Å². The second-order valence-corrected chi connectivity index (χ2v) is 12.5. The van der Waals surface area contributed by atoms with Crippen LogP contribution in [0.3, 0.4) is 0 Å². The third-order valence-corrected chi connectivity index (χ3v) is 8.83. The third-order valence-electron chi connectivity index (χ3n) is 6.97. The van der Waals surface area contributed by atoms with Crippen LogP contribution in [0.4, 0.5) is 17.1 Å². The summed E-state index contributed by atoms with van der Waals surface area (Å²) in [5.74, 6) is -0.870. The molecule has 230 valence electrons. The first kappa shape index (κ1) is 32.5. The highest BCUT2D eigenvalue weighted by Crippen LogP contribution is 2.33. The van der Waals surface area contributed by atoms with Crippen molar-refractivity contribution in [1.82, 2.24) is 5.32 Å². The molecular formula is C38H32BrN3O3S. The smallest absolute Gasteiger partial charge is 0.272 e. The Kier molecular flexibility index (Phi) is 11.2. The lowest BCUT2D eigenvalue weighted by molar-refractivity contribution is -0.117. The molecule has 0 spiro atoms. The van der Waals surface area contributed by atoms with Crippen LogP contribution < -0.4 is 15.5 Å². The van der Waals surface area contributed by atoms with Gasteiger partial charge in [0.2, 0.25) is 5.91 Å². The summed E-state index contributed by atoms with van der Waals surface area (Å²) in [5, 5.41) is 5.32. The molecule has 5 rings (SSSR count). The Balaban J connectivity index is 1.31. The number of para-hydroxylation sites is 2. The van der Waals surface area contributed by atoms with Gasteiger partial charge < -0.3 is 10.6 Å². The molecule has 0 radical (unpaired) electrons. The summed E-state index contributed by atoms with van der Waals surface area (Å²) in [4.78, 5) is 43.0. The summed E-state index contributed by atoms with van der Waals surface area (Å²) in [7, 11) is 0.